The monoisotopic (exact) mass is 258 g/mol. The van der Waals surface area contributed by atoms with Gasteiger partial charge in [-0.05, 0) is 6.92 Å². The first-order valence-electron chi connectivity index (χ1n) is 4.97. The summed E-state index contributed by atoms with van der Waals surface area (Å²) in [5.41, 5.74) is -0.199. The van der Waals surface area contributed by atoms with Gasteiger partial charge < -0.3 is 15.2 Å². The Bertz CT molecular complexity index is 398. The number of aromatic carboxylic acids is 1. The summed E-state index contributed by atoms with van der Waals surface area (Å²) < 4.78 is 5.03. The first-order chi connectivity index (χ1) is 7.95. The van der Waals surface area contributed by atoms with Crippen LogP contribution in [0, 0.1) is 0 Å². The predicted molar refractivity (Wildman–Crippen MR) is 64.0 cm³/mol. The fourth-order valence-corrected chi connectivity index (χ4v) is 1.95. The van der Waals surface area contributed by atoms with Gasteiger partial charge >= 0.3 is 5.97 Å². The van der Waals surface area contributed by atoms with E-state index in [0.717, 1.165) is 11.3 Å². The lowest BCUT2D eigenvalue weighted by Crippen LogP contribution is -2.18. The van der Waals surface area contributed by atoms with E-state index in [1.165, 1.54) is 6.92 Å². The van der Waals surface area contributed by atoms with Gasteiger partial charge in [-0.2, -0.15) is 0 Å². The fourth-order valence-electron chi connectivity index (χ4n) is 1.09. The van der Waals surface area contributed by atoms with Gasteiger partial charge in [0.1, 0.15) is 4.88 Å². The molecule has 1 rings (SSSR count). The maximum absolute atomic E-state index is 11.2. The van der Waals surface area contributed by atoms with E-state index < -0.39 is 5.97 Å². The highest BCUT2D eigenvalue weighted by molar-refractivity contribution is 7.17. The summed E-state index contributed by atoms with van der Waals surface area (Å²) in [6, 6.07) is 0. The van der Waals surface area contributed by atoms with Crippen LogP contribution in [0.2, 0.25) is 0 Å². The van der Waals surface area contributed by atoms with Gasteiger partial charge in [-0.3, -0.25) is 4.79 Å². The Morgan fingerprint density at radius 1 is 1.59 bits per heavy atom. The van der Waals surface area contributed by atoms with Crippen LogP contribution in [-0.2, 0) is 4.74 Å². The molecule has 0 aromatic carbocycles. The van der Waals surface area contributed by atoms with Crippen LogP contribution in [0.1, 0.15) is 34.0 Å². The summed E-state index contributed by atoms with van der Waals surface area (Å²) in [5.74, 6) is -1.49. The number of Topliss-reactive ketones (excluding diaryl/α,β-unsaturated/α-hetero) is 1. The summed E-state index contributed by atoms with van der Waals surface area (Å²) in [7, 11) is 1.58. The number of ether oxygens (including phenoxy) is 1. The third-order valence-corrected chi connectivity index (χ3v) is 3.21. The molecule has 0 aliphatic heterocycles. The molecule has 17 heavy (non-hydrogen) atoms. The molecular formula is C10H14N2O4S. The zero-order valence-electron chi connectivity index (χ0n) is 9.81. The third kappa shape index (κ3) is 3.50. The van der Waals surface area contributed by atoms with Crippen molar-refractivity contribution in [2.45, 2.75) is 20.0 Å². The molecule has 0 saturated carbocycles. The first-order valence-corrected chi connectivity index (χ1v) is 5.79. The number of methoxy groups -OCH3 is 1. The maximum atomic E-state index is 11.2. The molecular weight excluding hydrogens is 244 g/mol. The SMILES string of the molecule is COC(C)CNc1nc(C(=O)O)c(C(C)=O)s1. The summed E-state index contributed by atoms with van der Waals surface area (Å²) in [6.07, 6.45) is -0.0204. The van der Waals surface area contributed by atoms with Crippen LogP contribution < -0.4 is 5.32 Å². The second-order valence-corrected chi connectivity index (χ2v) is 4.48. The molecule has 2 N–H and O–H groups in total. The Morgan fingerprint density at radius 2 is 2.24 bits per heavy atom. The minimum absolute atomic E-state index is 0.0204. The van der Waals surface area contributed by atoms with Crippen molar-refractivity contribution in [2.24, 2.45) is 0 Å². The number of rotatable bonds is 6. The number of thiazole rings is 1. The number of hydrogen-bond donors (Lipinski definition) is 2. The number of carboxylic acid groups (broad SMARTS) is 1. The van der Waals surface area contributed by atoms with Gasteiger partial charge in [0, 0.05) is 20.6 Å². The van der Waals surface area contributed by atoms with Gasteiger partial charge in [-0.25, -0.2) is 9.78 Å². The molecule has 0 saturated heterocycles. The number of carboxylic acids is 1. The number of ketones is 1. The molecule has 0 aliphatic carbocycles. The molecule has 1 aromatic rings. The molecule has 1 unspecified atom stereocenters. The highest BCUT2D eigenvalue weighted by Gasteiger charge is 2.20. The van der Waals surface area contributed by atoms with E-state index in [9.17, 15) is 9.59 Å². The minimum atomic E-state index is -1.20. The lowest BCUT2D eigenvalue weighted by atomic mass is 10.3. The molecule has 0 spiro atoms. The van der Waals surface area contributed by atoms with E-state index in [4.69, 9.17) is 9.84 Å². The number of hydrogen-bond acceptors (Lipinski definition) is 6. The van der Waals surface area contributed by atoms with Crippen molar-refractivity contribution in [3.8, 4) is 0 Å². The standard InChI is InChI=1S/C10H14N2O4S/c1-5(16-3)4-11-10-12-7(9(14)15)8(17-10)6(2)13/h5H,4H2,1-3H3,(H,11,12)(H,14,15). The summed E-state index contributed by atoms with van der Waals surface area (Å²) in [6.45, 7) is 3.69. The Balaban J connectivity index is 2.85. The molecule has 6 nitrogen and oxygen atoms in total. The Hall–Kier alpha value is -1.47. The van der Waals surface area contributed by atoms with Gasteiger partial charge in [0.2, 0.25) is 0 Å². The quantitative estimate of drug-likeness (QED) is 0.751. The Labute approximate surface area is 103 Å². The zero-order valence-corrected chi connectivity index (χ0v) is 10.6. The average molecular weight is 258 g/mol. The lowest BCUT2D eigenvalue weighted by Gasteiger charge is -2.08. The van der Waals surface area contributed by atoms with Crippen LogP contribution >= 0.6 is 11.3 Å². The van der Waals surface area contributed by atoms with E-state index in [1.807, 2.05) is 6.92 Å². The van der Waals surface area contributed by atoms with E-state index in [-0.39, 0.29) is 22.5 Å². The molecule has 0 bridgehead atoms. The van der Waals surface area contributed by atoms with Crippen LogP contribution in [0.5, 0.6) is 0 Å². The second-order valence-electron chi connectivity index (χ2n) is 3.49. The van der Waals surface area contributed by atoms with Crippen molar-refractivity contribution in [1.82, 2.24) is 4.98 Å². The molecule has 0 fully saturated rings. The number of carbonyl (C=O) groups is 2. The summed E-state index contributed by atoms with van der Waals surface area (Å²) >= 11 is 1.04. The zero-order chi connectivity index (χ0) is 13.0. The van der Waals surface area contributed by atoms with Crippen molar-refractivity contribution in [1.29, 1.82) is 0 Å². The molecule has 0 aliphatic rings. The van der Waals surface area contributed by atoms with Crippen LogP contribution in [-0.4, -0.2) is 41.6 Å². The van der Waals surface area contributed by atoms with E-state index in [0.29, 0.717) is 11.7 Å². The van der Waals surface area contributed by atoms with Crippen LogP contribution in [0.4, 0.5) is 5.13 Å². The van der Waals surface area contributed by atoms with Crippen LogP contribution in [0.15, 0.2) is 0 Å². The fraction of sp³-hybridized carbons (Fsp3) is 0.500. The average Bonchev–Trinajstić information content (AvgIpc) is 2.70. The molecule has 1 aromatic heterocycles. The molecule has 0 amide bonds. The highest BCUT2D eigenvalue weighted by atomic mass is 32.1. The van der Waals surface area contributed by atoms with Gasteiger partial charge in [0.15, 0.2) is 16.6 Å². The summed E-state index contributed by atoms with van der Waals surface area (Å²) in [4.78, 5) is 26.1. The molecule has 1 atom stereocenters. The molecule has 1 heterocycles. The lowest BCUT2D eigenvalue weighted by molar-refractivity contribution is 0.0687. The normalized spacial score (nSPS) is 12.2. The van der Waals surface area contributed by atoms with Gasteiger partial charge in [0.05, 0.1) is 6.10 Å². The van der Waals surface area contributed by atoms with Crippen molar-refractivity contribution in [3.63, 3.8) is 0 Å². The topological polar surface area (TPSA) is 88.5 Å². The summed E-state index contributed by atoms with van der Waals surface area (Å²) in [5, 5.41) is 12.2. The minimum Gasteiger partial charge on any atom is -0.476 e. The number of carbonyl (C=O) groups excluding carboxylic acids is 1. The number of nitrogens with zero attached hydrogens (tertiary/aromatic N) is 1. The van der Waals surface area contributed by atoms with Crippen molar-refractivity contribution >= 4 is 28.2 Å². The van der Waals surface area contributed by atoms with Gasteiger partial charge in [0.25, 0.3) is 0 Å². The highest BCUT2D eigenvalue weighted by Crippen LogP contribution is 2.23. The van der Waals surface area contributed by atoms with Gasteiger partial charge in [-0.15, -0.1) is 0 Å². The number of nitrogens with one attached hydrogen (secondary N) is 1. The van der Waals surface area contributed by atoms with Crippen LogP contribution in [0.3, 0.4) is 0 Å². The van der Waals surface area contributed by atoms with Gasteiger partial charge in [-0.1, -0.05) is 11.3 Å². The van der Waals surface area contributed by atoms with Crippen molar-refractivity contribution < 1.29 is 19.4 Å². The third-order valence-electron chi connectivity index (χ3n) is 2.09. The molecule has 7 heteroatoms. The second kappa shape index (κ2) is 5.74. The Kier molecular flexibility index (Phi) is 4.59. The van der Waals surface area contributed by atoms with Crippen molar-refractivity contribution in [2.75, 3.05) is 19.0 Å². The maximum Gasteiger partial charge on any atom is 0.356 e. The first kappa shape index (κ1) is 13.6. The van der Waals surface area contributed by atoms with Crippen LogP contribution in [0.25, 0.3) is 0 Å². The Morgan fingerprint density at radius 3 is 2.65 bits per heavy atom. The van der Waals surface area contributed by atoms with Crippen molar-refractivity contribution in [3.05, 3.63) is 10.6 Å². The number of aromatic nitrogens is 1. The largest absolute Gasteiger partial charge is 0.476 e. The molecule has 94 valence electrons. The smallest absolute Gasteiger partial charge is 0.356 e. The van der Waals surface area contributed by atoms with E-state index in [2.05, 4.69) is 10.3 Å². The van der Waals surface area contributed by atoms with E-state index >= 15 is 0 Å². The number of anilines is 1. The molecule has 0 radical (unpaired) electrons. The van der Waals surface area contributed by atoms with E-state index in [1.54, 1.807) is 7.11 Å². The predicted octanol–water partition coefficient (Wildman–Crippen LogP) is 1.49.